The molecule has 1 atom stereocenters. The van der Waals surface area contributed by atoms with Crippen LogP contribution in [0, 0.1) is 6.92 Å². The largest absolute Gasteiger partial charge is 0.382 e. The van der Waals surface area contributed by atoms with Crippen LogP contribution in [0.4, 0.5) is 0 Å². The van der Waals surface area contributed by atoms with Gasteiger partial charge in [0, 0.05) is 24.6 Å². The van der Waals surface area contributed by atoms with E-state index in [2.05, 4.69) is 17.2 Å². The fraction of sp³-hybridized carbons (Fsp3) is 0.727. The molecule has 4 nitrogen and oxygen atoms in total. The van der Waals surface area contributed by atoms with Crippen LogP contribution in [0.25, 0.3) is 0 Å². The van der Waals surface area contributed by atoms with Crippen LogP contribution >= 0.6 is 11.3 Å². The van der Waals surface area contributed by atoms with Gasteiger partial charge in [0.15, 0.2) is 0 Å². The van der Waals surface area contributed by atoms with Crippen molar-refractivity contribution in [2.45, 2.75) is 26.4 Å². The second-order valence-corrected chi connectivity index (χ2v) is 4.65. The fourth-order valence-electron chi connectivity index (χ4n) is 1.22. The van der Waals surface area contributed by atoms with E-state index in [1.54, 1.807) is 18.4 Å². The highest BCUT2D eigenvalue weighted by molar-refractivity contribution is 7.09. The third-order valence-corrected chi connectivity index (χ3v) is 3.19. The van der Waals surface area contributed by atoms with Gasteiger partial charge in [-0.05, 0) is 13.8 Å². The van der Waals surface area contributed by atoms with E-state index in [4.69, 9.17) is 9.47 Å². The molecule has 1 rings (SSSR count). The average Bonchev–Trinajstić information content (AvgIpc) is 2.67. The van der Waals surface area contributed by atoms with Crippen LogP contribution in [0.1, 0.15) is 17.5 Å². The predicted octanol–water partition coefficient (Wildman–Crippen LogP) is 1.59. The van der Waals surface area contributed by atoms with Crippen LogP contribution in [0.2, 0.25) is 0 Å². The molecule has 0 fully saturated rings. The minimum atomic E-state index is 0.346. The molecule has 1 N–H and O–H groups in total. The minimum Gasteiger partial charge on any atom is -0.382 e. The van der Waals surface area contributed by atoms with Gasteiger partial charge >= 0.3 is 0 Å². The lowest BCUT2D eigenvalue weighted by molar-refractivity contribution is 0.0608. The summed E-state index contributed by atoms with van der Waals surface area (Å²) >= 11 is 1.69. The molecule has 0 amide bonds. The maximum absolute atomic E-state index is 5.44. The first kappa shape index (κ1) is 13.6. The van der Waals surface area contributed by atoms with Crippen molar-refractivity contribution >= 4 is 11.3 Å². The zero-order valence-corrected chi connectivity index (χ0v) is 11.0. The Morgan fingerprint density at radius 3 is 2.94 bits per heavy atom. The first-order valence-corrected chi connectivity index (χ1v) is 6.31. The summed E-state index contributed by atoms with van der Waals surface area (Å²) in [6, 6.07) is 0.346. The predicted molar refractivity (Wildman–Crippen MR) is 65.8 cm³/mol. The van der Waals surface area contributed by atoms with Crippen molar-refractivity contribution in [3.8, 4) is 0 Å². The van der Waals surface area contributed by atoms with Crippen LogP contribution in [-0.4, -0.2) is 38.0 Å². The number of aryl methyl sites for hydroxylation is 1. The highest BCUT2D eigenvalue weighted by Gasteiger charge is 2.04. The molecule has 92 valence electrons. The van der Waals surface area contributed by atoms with E-state index >= 15 is 0 Å². The monoisotopic (exact) mass is 244 g/mol. The van der Waals surface area contributed by atoms with Gasteiger partial charge in [0.1, 0.15) is 0 Å². The lowest BCUT2D eigenvalue weighted by atomic mass is 10.3. The molecule has 0 aliphatic carbocycles. The van der Waals surface area contributed by atoms with Crippen LogP contribution in [0.5, 0.6) is 0 Å². The highest BCUT2D eigenvalue weighted by atomic mass is 32.1. The minimum absolute atomic E-state index is 0.346. The summed E-state index contributed by atoms with van der Waals surface area (Å²) in [5.41, 5.74) is 3.00. The third-order valence-electron chi connectivity index (χ3n) is 2.26. The summed E-state index contributed by atoms with van der Waals surface area (Å²) in [4.78, 5) is 5.51. The van der Waals surface area contributed by atoms with Crippen molar-refractivity contribution in [3.05, 3.63) is 16.1 Å². The molecule has 16 heavy (non-hydrogen) atoms. The first-order chi connectivity index (χ1) is 7.74. The molecule has 1 unspecified atom stereocenters. The van der Waals surface area contributed by atoms with Crippen molar-refractivity contribution in [1.82, 2.24) is 10.3 Å². The molecule has 0 aliphatic rings. The van der Waals surface area contributed by atoms with E-state index in [0.29, 0.717) is 25.9 Å². The highest BCUT2D eigenvalue weighted by Crippen LogP contribution is 2.11. The van der Waals surface area contributed by atoms with Gasteiger partial charge in [-0.1, -0.05) is 0 Å². The lowest BCUT2D eigenvalue weighted by Crippen LogP contribution is -2.30. The van der Waals surface area contributed by atoms with Crippen molar-refractivity contribution in [2.75, 3.05) is 26.9 Å². The summed E-state index contributed by atoms with van der Waals surface area (Å²) in [7, 11) is 1.68. The quantitative estimate of drug-likeness (QED) is 0.705. The van der Waals surface area contributed by atoms with Crippen LogP contribution < -0.4 is 5.32 Å². The zero-order valence-electron chi connectivity index (χ0n) is 10.2. The molecule has 0 bridgehead atoms. The van der Waals surface area contributed by atoms with Gasteiger partial charge in [-0.2, -0.15) is 0 Å². The fourth-order valence-corrected chi connectivity index (χ4v) is 1.95. The van der Waals surface area contributed by atoms with Gasteiger partial charge in [0.2, 0.25) is 0 Å². The Kier molecular flexibility index (Phi) is 6.56. The van der Waals surface area contributed by atoms with Crippen LogP contribution in [0.3, 0.4) is 0 Å². The number of ether oxygens (including phenoxy) is 2. The molecule has 0 radical (unpaired) electrons. The average molecular weight is 244 g/mol. The number of nitrogens with zero attached hydrogens (tertiary/aromatic N) is 1. The maximum atomic E-state index is 5.44. The van der Waals surface area contributed by atoms with Gasteiger partial charge in [0.05, 0.1) is 31.0 Å². The van der Waals surface area contributed by atoms with Crippen molar-refractivity contribution in [3.63, 3.8) is 0 Å². The first-order valence-electron chi connectivity index (χ1n) is 5.43. The number of aromatic nitrogens is 1. The summed E-state index contributed by atoms with van der Waals surface area (Å²) in [6.45, 7) is 7.03. The van der Waals surface area contributed by atoms with Gasteiger partial charge in [0.25, 0.3) is 0 Å². The van der Waals surface area contributed by atoms with E-state index in [0.717, 1.165) is 12.2 Å². The van der Waals surface area contributed by atoms with Crippen LogP contribution in [0.15, 0.2) is 5.51 Å². The number of thiazole rings is 1. The number of nitrogens with one attached hydrogen (secondary N) is 1. The summed E-state index contributed by atoms with van der Waals surface area (Å²) < 4.78 is 10.3. The molecule has 0 aliphatic heterocycles. The van der Waals surface area contributed by atoms with E-state index in [-0.39, 0.29) is 0 Å². The van der Waals surface area contributed by atoms with E-state index in [1.165, 1.54) is 4.88 Å². The van der Waals surface area contributed by atoms with Gasteiger partial charge < -0.3 is 14.8 Å². The Balaban J connectivity index is 2.10. The summed E-state index contributed by atoms with van der Waals surface area (Å²) in [6.07, 6.45) is 0. The molecule has 0 spiro atoms. The normalized spacial score (nSPS) is 12.9. The third kappa shape index (κ3) is 5.03. The second-order valence-electron chi connectivity index (χ2n) is 3.71. The number of rotatable bonds is 8. The summed E-state index contributed by atoms with van der Waals surface area (Å²) in [5.74, 6) is 0. The molecular formula is C11H20N2O2S. The molecule has 0 saturated heterocycles. The van der Waals surface area contributed by atoms with Crippen LogP contribution in [-0.2, 0) is 16.0 Å². The zero-order chi connectivity index (χ0) is 11.8. The van der Waals surface area contributed by atoms with E-state index in [1.807, 2.05) is 12.4 Å². The van der Waals surface area contributed by atoms with Crippen molar-refractivity contribution in [2.24, 2.45) is 0 Å². The number of hydrogen-bond acceptors (Lipinski definition) is 5. The smallest absolute Gasteiger partial charge is 0.0798 e. The topological polar surface area (TPSA) is 43.4 Å². The molecule has 1 heterocycles. The van der Waals surface area contributed by atoms with Gasteiger partial charge in [-0.3, -0.25) is 0 Å². The second kappa shape index (κ2) is 7.73. The van der Waals surface area contributed by atoms with E-state index in [9.17, 15) is 0 Å². The number of methoxy groups -OCH3 is 1. The molecule has 1 aromatic heterocycles. The van der Waals surface area contributed by atoms with Crippen molar-refractivity contribution < 1.29 is 9.47 Å². The standard InChI is InChI=1S/C11H20N2O2S/c1-9(7-15-5-4-14-3)12-6-11-10(2)13-8-16-11/h8-9,12H,4-7H2,1-3H3. The Morgan fingerprint density at radius 2 is 2.31 bits per heavy atom. The SMILES string of the molecule is COCCOCC(C)NCc1scnc1C. The Hall–Kier alpha value is -0.490. The van der Waals surface area contributed by atoms with Crippen molar-refractivity contribution in [1.29, 1.82) is 0 Å². The Morgan fingerprint density at radius 1 is 1.50 bits per heavy atom. The molecule has 0 aromatic carbocycles. The summed E-state index contributed by atoms with van der Waals surface area (Å²) in [5, 5.41) is 3.41. The molecule has 0 saturated carbocycles. The Bertz CT molecular complexity index is 291. The van der Waals surface area contributed by atoms with Gasteiger partial charge in [-0.15, -0.1) is 11.3 Å². The molecule has 5 heteroatoms. The number of hydrogen-bond donors (Lipinski definition) is 1. The molecule has 1 aromatic rings. The molecular weight excluding hydrogens is 224 g/mol. The van der Waals surface area contributed by atoms with Gasteiger partial charge in [-0.25, -0.2) is 4.98 Å². The maximum Gasteiger partial charge on any atom is 0.0798 e. The lowest BCUT2D eigenvalue weighted by Gasteiger charge is -2.13. The van der Waals surface area contributed by atoms with E-state index < -0.39 is 0 Å². The Labute approximate surface area is 101 Å².